The third kappa shape index (κ3) is 2.64. The van der Waals surface area contributed by atoms with Crippen LogP contribution in [0.1, 0.15) is 10.4 Å². The second-order valence-electron chi connectivity index (χ2n) is 3.62. The molecule has 9 heteroatoms. The molecule has 0 saturated heterocycles. The predicted molar refractivity (Wildman–Crippen MR) is 62.7 cm³/mol. The first-order chi connectivity index (χ1) is 9.01. The van der Waals surface area contributed by atoms with Crippen LogP contribution < -0.4 is 10.6 Å². The maximum atomic E-state index is 13.5. The Morgan fingerprint density at radius 3 is 2.42 bits per heavy atom. The van der Waals surface area contributed by atoms with Crippen molar-refractivity contribution < 1.29 is 13.6 Å². The summed E-state index contributed by atoms with van der Waals surface area (Å²) in [4.78, 5) is 12.9. The van der Waals surface area contributed by atoms with Crippen molar-refractivity contribution in [3.05, 3.63) is 29.3 Å². The van der Waals surface area contributed by atoms with Crippen LogP contribution in [0.15, 0.2) is 12.1 Å². The fraction of sp³-hybridized carbons (Fsp3) is 0.200. The second-order valence-corrected chi connectivity index (χ2v) is 3.62. The molecule has 0 saturated carbocycles. The van der Waals surface area contributed by atoms with Crippen molar-refractivity contribution >= 4 is 17.5 Å². The van der Waals surface area contributed by atoms with Gasteiger partial charge in [0.05, 0.1) is 7.05 Å². The van der Waals surface area contributed by atoms with Crippen LogP contribution in [-0.2, 0) is 7.05 Å². The molecule has 0 fully saturated rings. The number of hydrogen-bond acceptors (Lipinski definition) is 5. The summed E-state index contributed by atoms with van der Waals surface area (Å²) in [6.07, 6.45) is 0. The van der Waals surface area contributed by atoms with Crippen molar-refractivity contribution in [1.82, 2.24) is 20.2 Å². The summed E-state index contributed by atoms with van der Waals surface area (Å²) in [7, 11) is 2.90. The van der Waals surface area contributed by atoms with Gasteiger partial charge < -0.3 is 5.32 Å². The van der Waals surface area contributed by atoms with Gasteiger partial charge in [0, 0.05) is 12.6 Å². The molecule has 0 aliphatic rings. The number of carbonyl (C=O) groups is 1. The largest absolute Gasteiger partial charge is 0.383 e. The molecule has 0 aliphatic carbocycles. The molecule has 7 nitrogen and oxygen atoms in total. The monoisotopic (exact) mass is 268 g/mol. The van der Waals surface area contributed by atoms with Gasteiger partial charge in [-0.2, -0.15) is 4.80 Å². The third-order valence-corrected chi connectivity index (χ3v) is 2.29. The Bertz CT molecular complexity index is 603. The van der Waals surface area contributed by atoms with Gasteiger partial charge in [-0.05, 0) is 17.3 Å². The van der Waals surface area contributed by atoms with Gasteiger partial charge in [0.2, 0.25) is 0 Å². The Morgan fingerprint density at radius 2 is 1.95 bits per heavy atom. The summed E-state index contributed by atoms with van der Waals surface area (Å²) in [5.41, 5.74) is -0.476. The topological polar surface area (TPSA) is 84.7 Å². The number of carbonyl (C=O) groups excluding carboxylic acids is 1. The highest BCUT2D eigenvalue weighted by atomic mass is 19.1. The molecule has 1 aromatic carbocycles. The van der Waals surface area contributed by atoms with Crippen LogP contribution in [0.3, 0.4) is 0 Å². The Balaban J connectivity index is 2.24. The van der Waals surface area contributed by atoms with Gasteiger partial charge in [-0.15, -0.1) is 5.10 Å². The SMILES string of the molecule is CNc1c(F)cc(C(=O)Nc2nnn(C)n2)cc1F. The molecular weight excluding hydrogens is 258 g/mol. The van der Waals surface area contributed by atoms with Crippen LogP contribution in [0.2, 0.25) is 0 Å². The number of amides is 1. The van der Waals surface area contributed by atoms with Gasteiger partial charge in [0.25, 0.3) is 11.9 Å². The van der Waals surface area contributed by atoms with E-state index in [9.17, 15) is 13.6 Å². The smallest absolute Gasteiger partial charge is 0.270 e. The lowest BCUT2D eigenvalue weighted by Gasteiger charge is -2.06. The Labute approximate surface area is 106 Å². The highest BCUT2D eigenvalue weighted by molar-refractivity contribution is 6.03. The standard InChI is InChI=1S/C10H10F2N6O/c1-13-8-6(11)3-5(4-7(8)12)9(19)14-10-15-17-18(2)16-10/h3-4,13H,1-2H3,(H,14,16,19). The Kier molecular flexibility index (Phi) is 3.36. The van der Waals surface area contributed by atoms with Gasteiger partial charge in [-0.1, -0.05) is 5.10 Å². The predicted octanol–water partition coefficient (Wildman–Crippen LogP) is 0.782. The number of hydrogen-bond donors (Lipinski definition) is 2. The summed E-state index contributed by atoms with van der Waals surface area (Å²) >= 11 is 0. The van der Waals surface area contributed by atoms with E-state index < -0.39 is 17.5 Å². The van der Waals surface area contributed by atoms with E-state index in [4.69, 9.17) is 0 Å². The number of aryl methyl sites for hydroxylation is 1. The Morgan fingerprint density at radius 1 is 1.32 bits per heavy atom. The molecule has 0 spiro atoms. The zero-order chi connectivity index (χ0) is 14.0. The molecule has 2 aromatic rings. The van der Waals surface area contributed by atoms with Gasteiger partial charge in [-0.3, -0.25) is 10.1 Å². The lowest BCUT2D eigenvalue weighted by molar-refractivity contribution is 0.102. The van der Waals surface area contributed by atoms with Crippen LogP contribution in [0.25, 0.3) is 0 Å². The molecule has 0 atom stereocenters. The van der Waals surface area contributed by atoms with Crippen molar-refractivity contribution in [2.45, 2.75) is 0 Å². The number of anilines is 2. The Hall–Kier alpha value is -2.58. The molecular formula is C10H10F2N6O. The molecule has 1 aromatic heterocycles. The molecule has 2 N–H and O–H groups in total. The third-order valence-electron chi connectivity index (χ3n) is 2.29. The summed E-state index contributed by atoms with van der Waals surface area (Å²) < 4.78 is 27.0. The van der Waals surface area contributed by atoms with E-state index in [1.54, 1.807) is 0 Å². The first-order valence-electron chi connectivity index (χ1n) is 5.23. The van der Waals surface area contributed by atoms with Crippen LogP contribution in [0.4, 0.5) is 20.4 Å². The molecule has 0 radical (unpaired) electrons. The lowest BCUT2D eigenvalue weighted by atomic mass is 10.1. The molecule has 1 amide bonds. The minimum atomic E-state index is -0.861. The molecule has 100 valence electrons. The van der Waals surface area contributed by atoms with E-state index in [0.29, 0.717) is 0 Å². The van der Waals surface area contributed by atoms with E-state index >= 15 is 0 Å². The van der Waals surface area contributed by atoms with Crippen molar-refractivity contribution in [2.75, 3.05) is 17.7 Å². The normalized spacial score (nSPS) is 10.3. The number of aromatic nitrogens is 4. The first kappa shape index (κ1) is 12.9. The van der Waals surface area contributed by atoms with Crippen LogP contribution in [0.5, 0.6) is 0 Å². The highest BCUT2D eigenvalue weighted by Crippen LogP contribution is 2.20. The van der Waals surface area contributed by atoms with E-state index in [1.807, 2.05) is 0 Å². The summed E-state index contributed by atoms with van der Waals surface area (Å²) in [5.74, 6) is -2.50. The zero-order valence-corrected chi connectivity index (χ0v) is 10.1. The quantitative estimate of drug-likeness (QED) is 0.859. The minimum Gasteiger partial charge on any atom is -0.383 e. The van der Waals surface area contributed by atoms with Crippen molar-refractivity contribution in [3.8, 4) is 0 Å². The average Bonchev–Trinajstić information content (AvgIpc) is 2.74. The summed E-state index contributed by atoms with van der Waals surface area (Å²) in [6, 6.07) is 1.83. The molecule has 0 aliphatic heterocycles. The fourth-order valence-electron chi connectivity index (χ4n) is 1.45. The maximum absolute atomic E-state index is 13.5. The zero-order valence-electron chi connectivity index (χ0n) is 10.1. The molecule has 0 unspecified atom stereocenters. The average molecular weight is 268 g/mol. The van der Waals surface area contributed by atoms with Crippen molar-refractivity contribution in [3.63, 3.8) is 0 Å². The maximum Gasteiger partial charge on any atom is 0.270 e. The van der Waals surface area contributed by atoms with E-state index in [2.05, 4.69) is 26.0 Å². The van der Waals surface area contributed by atoms with Crippen LogP contribution in [0, 0.1) is 11.6 Å². The number of benzene rings is 1. The first-order valence-corrected chi connectivity index (χ1v) is 5.23. The van der Waals surface area contributed by atoms with E-state index in [1.165, 1.54) is 14.1 Å². The lowest BCUT2D eigenvalue weighted by Crippen LogP contribution is -2.14. The van der Waals surface area contributed by atoms with Gasteiger partial charge in [0.1, 0.15) is 17.3 Å². The summed E-state index contributed by atoms with van der Waals surface area (Å²) in [5, 5.41) is 15.4. The number of halogens is 2. The van der Waals surface area contributed by atoms with Crippen molar-refractivity contribution in [1.29, 1.82) is 0 Å². The van der Waals surface area contributed by atoms with Gasteiger partial charge in [-0.25, -0.2) is 8.78 Å². The van der Waals surface area contributed by atoms with E-state index in [0.717, 1.165) is 16.9 Å². The van der Waals surface area contributed by atoms with Crippen LogP contribution >= 0.6 is 0 Å². The fourth-order valence-corrected chi connectivity index (χ4v) is 1.45. The summed E-state index contributed by atoms with van der Waals surface area (Å²) in [6.45, 7) is 0. The van der Waals surface area contributed by atoms with Gasteiger partial charge >= 0.3 is 0 Å². The van der Waals surface area contributed by atoms with Gasteiger partial charge in [0.15, 0.2) is 0 Å². The highest BCUT2D eigenvalue weighted by Gasteiger charge is 2.15. The number of rotatable bonds is 3. The second kappa shape index (κ2) is 4.96. The molecule has 1 heterocycles. The molecule has 2 rings (SSSR count). The van der Waals surface area contributed by atoms with E-state index in [-0.39, 0.29) is 17.2 Å². The van der Waals surface area contributed by atoms with Crippen LogP contribution in [-0.4, -0.2) is 33.2 Å². The minimum absolute atomic E-state index is 0.0500. The number of nitrogens with one attached hydrogen (secondary N) is 2. The molecule has 0 bridgehead atoms. The number of tetrazole rings is 1. The number of nitrogens with zero attached hydrogens (tertiary/aromatic N) is 4. The van der Waals surface area contributed by atoms with Crippen molar-refractivity contribution in [2.24, 2.45) is 7.05 Å². The molecule has 19 heavy (non-hydrogen) atoms.